The summed E-state index contributed by atoms with van der Waals surface area (Å²) in [7, 11) is -2.28. The van der Waals surface area contributed by atoms with Crippen molar-refractivity contribution >= 4 is 44.5 Å². The summed E-state index contributed by atoms with van der Waals surface area (Å²) in [5, 5.41) is 1.00. The maximum atomic E-state index is 13.1. The molecule has 1 atom stereocenters. The third-order valence-electron chi connectivity index (χ3n) is 5.78. The normalized spacial score (nSPS) is 20.5. The minimum absolute atomic E-state index is 0.0131. The second-order valence-corrected chi connectivity index (χ2v) is 11.0. The van der Waals surface area contributed by atoms with Crippen molar-refractivity contribution in [3.8, 4) is 0 Å². The van der Waals surface area contributed by atoms with E-state index in [-0.39, 0.29) is 18.4 Å². The Morgan fingerprint density at radius 2 is 1.83 bits per heavy atom. The molecule has 1 amide bonds. The third kappa shape index (κ3) is 4.37. The number of carbonyl (C=O) groups is 1. The highest BCUT2D eigenvalue weighted by Crippen LogP contribution is 2.36. The molecule has 2 heterocycles. The van der Waals surface area contributed by atoms with Crippen molar-refractivity contribution in [1.29, 1.82) is 0 Å². The zero-order valence-electron chi connectivity index (χ0n) is 16.8. The van der Waals surface area contributed by atoms with Crippen LogP contribution in [0.5, 0.6) is 0 Å². The second kappa shape index (κ2) is 8.87. The van der Waals surface area contributed by atoms with Crippen molar-refractivity contribution in [2.75, 3.05) is 31.3 Å². The Hall–Kier alpha value is -1.60. The molecule has 2 aromatic rings. The molecule has 5 nitrogen and oxygen atoms in total. The van der Waals surface area contributed by atoms with E-state index in [0.717, 1.165) is 16.8 Å². The summed E-state index contributed by atoms with van der Waals surface area (Å²) in [4.78, 5) is 14.9. The van der Waals surface area contributed by atoms with Crippen LogP contribution in [0.15, 0.2) is 40.8 Å². The summed E-state index contributed by atoms with van der Waals surface area (Å²) in [5.41, 5.74) is 3.58. The number of carbonyl (C=O) groups excluding carboxylic acids is 1. The molecule has 2 aliphatic heterocycles. The quantitative estimate of drug-likeness (QED) is 0.651. The van der Waals surface area contributed by atoms with Gasteiger partial charge in [-0.3, -0.25) is 4.79 Å². The lowest BCUT2D eigenvalue weighted by molar-refractivity contribution is -0.133. The molecule has 2 aromatic carbocycles. The fourth-order valence-electron chi connectivity index (χ4n) is 4.08. The summed E-state index contributed by atoms with van der Waals surface area (Å²) in [6.07, 6.45) is 0.837. The van der Waals surface area contributed by atoms with Crippen molar-refractivity contribution in [3.63, 3.8) is 0 Å². The standard InChI is InChI=1S/C22H24Cl2N2O3S/c1-15-16-4-2-7-21(25-30(28)12-10-29-11-13-30)17(16)8-9-26(15)22(27)14-18-19(23)5-3-6-20(18)24/h2-7,15H,8-14H2,1H3/t15-/m0/s1. The van der Waals surface area contributed by atoms with E-state index in [1.807, 2.05) is 30.0 Å². The first-order valence-corrected chi connectivity index (χ1v) is 12.6. The molecule has 0 bridgehead atoms. The molecule has 1 fully saturated rings. The monoisotopic (exact) mass is 466 g/mol. The maximum absolute atomic E-state index is 13.1. The van der Waals surface area contributed by atoms with E-state index in [0.29, 0.717) is 53.3 Å². The summed E-state index contributed by atoms with van der Waals surface area (Å²) in [6, 6.07) is 11.0. The van der Waals surface area contributed by atoms with Crippen LogP contribution in [0, 0.1) is 0 Å². The topological polar surface area (TPSA) is 59.0 Å². The van der Waals surface area contributed by atoms with Gasteiger partial charge >= 0.3 is 0 Å². The number of ether oxygens (including phenoxy) is 1. The zero-order valence-corrected chi connectivity index (χ0v) is 19.1. The van der Waals surface area contributed by atoms with Gasteiger partial charge in [0.1, 0.15) is 0 Å². The van der Waals surface area contributed by atoms with Crippen LogP contribution in [0.1, 0.15) is 29.7 Å². The maximum Gasteiger partial charge on any atom is 0.227 e. The van der Waals surface area contributed by atoms with E-state index in [1.165, 1.54) is 0 Å². The van der Waals surface area contributed by atoms with Gasteiger partial charge in [-0.05, 0) is 48.2 Å². The highest BCUT2D eigenvalue weighted by Gasteiger charge is 2.30. The van der Waals surface area contributed by atoms with Gasteiger partial charge in [0, 0.05) is 16.6 Å². The molecule has 0 aliphatic carbocycles. The molecule has 160 valence electrons. The van der Waals surface area contributed by atoms with E-state index in [2.05, 4.69) is 4.36 Å². The second-order valence-electron chi connectivity index (χ2n) is 7.62. The fourth-order valence-corrected chi connectivity index (χ4v) is 6.29. The molecule has 0 spiro atoms. The number of rotatable bonds is 3. The number of fused-ring (bicyclic) bond motifs is 1. The Bertz CT molecular complexity index is 1060. The van der Waals surface area contributed by atoms with E-state index >= 15 is 0 Å². The number of amides is 1. The van der Waals surface area contributed by atoms with E-state index in [4.69, 9.17) is 27.9 Å². The molecular weight excluding hydrogens is 443 g/mol. The first kappa shape index (κ1) is 21.6. The van der Waals surface area contributed by atoms with Gasteiger partial charge in [-0.2, -0.15) is 4.36 Å². The number of hydrogen-bond acceptors (Lipinski definition) is 4. The number of benzene rings is 2. The van der Waals surface area contributed by atoms with Crippen molar-refractivity contribution in [2.45, 2.75) is 25.8 Å². The molecule has 1 saturated heterocycles. The van der Waals surface area contributed by atoms with Gasteiger partial charge in [0.2, 0.25) is 5.91 Å². The summed E-state index contributed by atoms with van der Waals surface area (Å²) in [5.74, 6) is 0.922. The minimum Gasteiger partial charge on any atom is -0.379 e. The predicted octanol–water partition coefficient (Wildman–Crippen LogP) is 4.81. The van der Waals surface area contributed by atoms with Gasteiger partial charge in [0.05, 0.1) is 52.6 Å². The largest absolute Gasteiger partial charge is 0.379 e. The Morgan fingerprint density at radius 3 is 2.53 bits per heavy atom. The molecule has 0 N–H and O–H groups in total. The number of hydrogen-bond donors (Lipinski definition) is 0. The zero-order chi connectivity index (χ0) is 21.3. The fraction of sp³-hybridized carbons (Fsp3) is 0.409. The van der Waals surface area contributed by atoms with Gasteiger partial charge in [0.25, 0.3) is 0 Å². The van der Waals surface area contributed by atoms with Crippen LogP contribution >= 0.6 is 23.2 Å². The minimum atomic E-state index is -2.28. The summed E-state index contributed by atoms with van der Waals surface area (Å²) < 4.78 is 23.0. The predicted molar refractivity (Wildman–Crippen MR) is 121 cm³/mol. The highest BCUT2D eigenvalue weighted by atomic mass is 35.5. The number of halogens is 2. The van der Waals surface area contributed by atoms with Crippen LogP contribution in [0.4, 0.5) is 5.69 Å². The lowest BCUT2D eigenvalue weighted by Crippen LogP contribution is -2.39. The van der Waals surface area contributed by atoms with Crippen molar-refractivity contribution in [2.24, 2.45) is 4.36 Å². The molecule has 4 rings (SSSR count). The first-order chi connectivity index (χ1) is 14.4. The van der Waals surface area contributed by atoms with E-state index < -0.39 is 9.73 Å². The molecule has 0 aromatic heterocycles. The van der Waals surface area contributed by atoms with Gasteiger partial charge in [0.15, 0.2) is 0 Å². The Balaban J connectivity index is 1.60. The van der Waals surface area contributed by atoms with Crippen molar-refractivity contribution < 1.29 is 13.7 Å². The van der Waals surface area contributed by atoms with Gasteiger partial charge < -0.3 is 9.64 Å². The summed E-state index contributed by atoms with van der Waals surface area (Å²) >= 11 is 12.5. The Kier molecular flexibility index (Phi) is 6.39. The highest BCUT2D eigenvalue weighted by molar-refractivity contribution is 7.93. The van der Waals surface area contributed by atoms with Crippen molar-refractivity contribution in [1.82, 2.24) is 4.90 Å². The van der Waals surface area contributed by atoms with Crippen LogP contribution in [-0.2, 0) is 32.1 Å². The molecule has 0 saturated carbocycles. The summed E-state index contributed by atoms with van der Waals surface area (Å²) in [6.45, 7) is 3.56. The van der Waals surface area contributed by atoms with E-state index in [1.54, 1.807) is 18.2 Å². The average molecular weight is 467 g/mol. The Morgan fingerprint density at radius 1 is 1.17 bits per heavy atom. The van der Waals surface area contributed by atoms with Gasteiger partial charge in [-0.1, -0.05) is 41.4 Å². The van der Waals surface area contributed by atoms with Gasteiger partial charge in [-0.25, -0.2) is 4.21 Å². The molecular formula is C22H24Cl2N2O3S. The molecule has 2 aliphatic rings. The SMILES string of the molecule is C[C@H]1c2cccc(N=S3(=O)CCOCC3)c2CCN1C(=O)Cc1c(Cl)cccc1Cl. The number of nitrogens with zero attached hydrogens (tertiary/aromatic N) is 2. The van der Waals surface area contributed by atoms with Crippen LogP contribution in [0.3, 0.4) is 0 Å². The lowest BCUT2D eigenvalue weighted by Gasteiger charge is -2.36. The van der Waals surface area contributed by atoms with Crippen LogP contribution in [0.25, 0.3) is 0 Å². The van der Waals surface area contributed by atoms with Crippen LogP contribution in [-0.4, -0.2) is 46.3 Å². The molecule has 0 unspecified atom stereocenters. The molecule has 8 heteroatoms. The van der Waals surface area contributed by atoms with Crippen molar-refractivity contribution in [3.05, 3.63) is 63.1 Å². The first-order valence-electron chi connectivity index (χ1n) is 10.0. The van der Waals surface area contributed by atoms with Gasteiger partial charge in [-0.15, -0.1) is 0 Å². The smallest absolute Gasteiger partial charge is 0.227 e. The Labute approximate surface area is 187 Å². The molecule has 30 heavy (non-hydrogen) atoms. The van der Waals surface area contributed by atoms with Crippen LogP contribution in [0.2, 0.25) is 10.0 Å². The van der Waals surface area contributed by atoms with Crippen LogP contribution < -0.4 is 0 Å². The molecule has 0 radical (unpaired) electrons. The van der Waals surface area contributed by atoms with E-state index in [9.17, 15) is 9.00 Å². The third-order valence-corrected chi connectivity index (χ3v) is 8.62. The lowest BCUT2D eigenvalue weighted by atomic mass is 9.92. The average Bonchev–Trinajstić information content (AvgIpc) is 2.72.